The van der Waals surface area contributed by atoms with Crippen LogP contribution < -0.4 is 10.1 Å². The number of benzene rings is 2. The van der Waals surface area contributed by atoms with E-state index in [2.05, 4.69) is 11.4 Å². The van der Waals surface area contributed by atoms with Crippen molar-refractivity contribution in [3.05, 3.63) is 61.7 Å². The molecular formula is C15H13IN2O3. The molecule has 2 aromatic carbocycles. The first kappa shape index (κ1) is 14.1. The molecule has 0 fully saturated rings. The maximum atomic E-state index is 10.8. The number of hydrogen-bond donors (Lipinski definition) is 1. The maximum absolute atomic E-state index is 10.8. The minimum Gasteiger partial charge on any atom is -0.488 e. The molecular weight excluding hydrogens is 383 g/mol. The summed E-state index contributed by atoms with van der Waals surface area (Å²) in [6.07, 6.45) is 0.975. The Morgan fingerprint density at radius 2 is 2.14 bits per heavy atom. The molecule has 1 atom stereocenters. The highest BCUT2D eigenvalue weighted by atomic mass is 127. The van der Waals surface area contributed by atoms with Gasteiger partial charge in [-0.15, -0.1) is 0 Å². The number of rotatable bonds is 4. The van der Waals surface area contributed by atoms with E-state index in [1.165, 1.54) is 11.6 Å². The van der Waals surface area contributed by atoms with Crippen LogP contribution in [0.1, 0.15) is 5.56 Å². The van der Waals surface area contributed by atoms with Crippen molar-refractivity contribution in [2.75, 3.05) is 11.9 Å². The molecule has 1 unspecified atom stereocenters. The topological polar surface area (TPSA) is 64.4 Å². The highest BCUT2D eigenvalue weighted by molar-refractivity contribution is 14.1. The molecule has 3 rings (SSSR count). The molecule has 1 aliphatic rings. The first-order valence-electron chi connectivity index (χ1n) is 6.56. The van der Waals surface area contributed by atoms with E-state index >= 15 is 0 Å². The third-order valence-electron chi connectivity index (χ3n) is 3.39. The van der Waals surface area contributed by atoms with Crippen molar-refractivity contribution in [1.82, 2.24) is 0 Å². The number of nitro benzene ring substituents is 1. The summed E-state index contributed by atoms with van der Waals surface area (Å²) in [7, 11) is 0. The Kier molecular flexibility index (Phi) is 3.96. The second-order valence-electron chi connectivity index (χ2n) is 4.86. The van der Waals surface area contributed by atoms with Gasteiger partial charge >= 0.3 is 0 Å². The van der Waals surface area contributed by atoms with Gasteiger partial charge in [-0.05, 0) is 46.4 Å². The Morgan fingerprint density at radius 1 is 1.33 bits per heavy atom. The van der Waals surface area contributed by atoms with E-state index in [9.17, 15) is 10.1 Å². The maximum Gasteiger partial charge on any atom is 0.282 e. The van der Waals surface area contributed by atoms with Gasteiger partial charge in [0.15, 0.2) is 0 Å². The predicted octanol–water partition coefficient (Wildman–Crippen LogP) is 3.62. The minimum absolute atomic E-state index is 0.0928. The lowest BCUT2D eigenvalue weighted by atomic mass is 10.1. The number of anilines is 1. The lowest BCUT2D eigenvalue weighted by molar-refractivity contribution is -0.385. The Hall–Kier alpha value is -1.83. The van der Waals surface area contributed by atoms with Gasteiger partial charge in [0.2, 0.25) is 0 Å². The second kappa shape index (κ2) is 5.88. The lowest BCUT2D eigenvalue weighted by Gasteiger charge is -2.13. The molecule has 0 aliphatic carbocycles. The van der Waals surface area contributed by atoms with Gasteiger partial charge < -0.3 is 10.1 Å². The van der Waals surface area contributed by atoms with Crippen LogP contribution in [0.5, 0.6) is 5.75 Å². The van der Waals surface area contributed by atoms with Crippen LogP contribution in [0.2, 0.25) is 0 Å². The van der Waals surface area contributed by atoms with E-state index in [0.29, 0.717) is 10.1 Å². The Morgan fingerprint density at radius 3 is 2.86 bits per heavy atom. The van der Waals surface area contributed by atoms with E-state index in [0.717, 1.165) is 17.9 Å². The van der Waals surface area contributed by atoms with Crippen molar-refractivity contribution in [3.8, 4) is 5.75 Å². The molecule has 0 spiro atoms. The third-order valence-corrected chi connectivity index (χ3v) is 4.26. The normalized spacial score (nSPS) is 16.1. The number of hydrogen-bond acceptors (Lipinski definition) is 4. The van der Waals surface area contributed by atoms with E-state index in [4.69, 9.17) is 4.74 Å². The minimum atomic E-state index is -0.373. The number of nitrogens with zero attached hydrogens (tertiary/aromatic N) is 1. The van der Waals surface area contributed by atoms with Crippen LogP contribution in [0.25, 0.3) is 0 Å². The van der Waals surface area contributed by atoms with Crippen LogP contribution in [-0.2, 0) is 6.42 Å². The highest BCUT2D eigenvalue weighted by Gasteiger charge is 2.22. The monoisotopic (exact) mass is 396 g/mol. The molecule has 1 heterocycles. The predicted molar refractivity (Wildman–Crippen MR) is 88.9 cm³/mol. The van der Waals surface area contributed by atoms with Gasteiger partial charge in [-0.25, -0.2) is 0 Å². The van der Waals surface area contributed by atoms with Gasteiger partial charge in [0, 0.05) is 18.2 Å². The fourth-order valence-electron chi connectivity index (χ4n) is 2.36. The van der Waals surface area contributed by atoms with Crippen molar-refractivity contribution in [2.24, 2.45) is 0 Å². The number of nitro groups is 1. The third kappa shape index (κ3) is 3.10. The van der Waals surface area contributed by atoms with Gasteiger partial charge in [-0.2, -0.15) is 0 Å². The van der Waals surface area contributed by atoms with Gasteiger partial charge in [-0.3, -0.25) is 10.1 Å². The zero-order chi connectivity index (χ0) is 14.8. The fourth-order valence-corrected chi connectivity index (χ4v) is 3.08. The van der Waals surface area contributed by atoms with Gasteiger partial charge in [0.1, 0.15) is 11.9 Å². The summed E-state index contributed by atoms with van der Waals surface area (Å²) in [5, 5.41) is 14.1. The average molecular weight is 396 g/mol. The van der Waals surface area contributed by atoms with Gasteiger partial charge in [-0.1, -0.05) is 18.2 Å². The van der Waals surface area contributed by atoms with Crippen molar-refractivity contribution >= 4 is 34.0 Å². The highest BCUT2D eigenvalue weighted by Crippen LogP contribution is 2.29. The molecule has 21 heavy (non-hydrogen) atoms. The molecule has 1 aliphatic heterocycles. The smallest absolute Gasteiger partial charge is 0.282 e. The molecule has 1 N–H and O–H groups in total. The molecule has 0 aromatic heterocycles. The van der Waals surface area contributed by atoms with Crippen LogP contribution in [-0.4, -0.2) is 17.6 Å². The molecule has 6 heteroatoms. The lowest BCUT2D eigenvalue weighted by Crippen LogP contribution is -2.23. The zero-order valence-corrected chi connectivity index (χ0v) is 13.2. The number of fused-ring (bicyclic) bond motifs is 1. The first-order chi connectivity index (χ1) is 10.1. The molecule has 0 amide bonds. The molecule has 0 saturated carbocycles. The van der Waals surface area contributed by atoms with Gasteiger partial charge in [0.25, 0.3) is 5.69 Å². The summed E-state index contributed by atoms with van der Waals surface area (Å²) in [6.45, 7) is 0.669. The van der Waals surface area contributed by atoms with Crippen molar-refractivity contribution in [1.29, 1.82) is 0 Å². The van der Waals surface area contributed by atoms with Gasteiger partial charge in [0.05, 0.1) is 15.0 Å². The Bertz CT molecular complexity index is 665. The van der Waals surface area contributed by atoms with E-state index < -0.39 is 0 Å². The van der Waals surface area contributed by atoms with E-state index in [-0.39, 0.29) is 16.7 Å². The van der Waals surface area contributed by atoms with Crippen molar-refractivity contribution in [3.63, 3.8) is 0 Å². The summed E-state index contributed by atoms with van der Waals surface area (Å²) in [4.78, 5) is 10.4. The van der Waals surface area contributed by atoms with Crippen LogP contribution in [0.3, 0.4) is 0 Å². The van der Waals surface area contributed by atoms with Crippen LogP contribution in [0.4, 0.5) is 11.4 Å². The molecule has 0 bridgehead atoms. The van der Waals surface area contributed by atoms with Crippen LogP contribution in [0.15, 0.2) is 42.5 Å². The average Bonchev–Trinajstić information content (AvgIpc) is 2.87. The molecule has 5 nitrogen and oxygen atoms in total. The van der Waals surface area contributed by atoms with Crippen LogP contribution in [0, 0.1) is 13.7 Å². The number of para-hydroxylation sites is 1. The fraction of sp³-hybridized carbons (Fsp3) is 0.200. The summed E-state index contributed by atoms with van der Waals surface area (Å²) in [6, 6.07) is 13.1. The molecule has 2 aromatic rings. The van der Waals surface area contributed by atoms with E-state index in [1.54, 1.807) is 12.1 Å². The van der Waals surface area contributed by atoms with E-state index in [1.807, 2.05) is 40.8 Å². The number of ether oxygens (including phenoxy) is 1. The molecule has 108 valence electrons. The molecule has 0 saturated heterocycles. The molecule has 0 radical (unpaired) electrons. The first-order valence-corrected chi connectivity index (χ1v) is 7.64. The second-order valence-corrected chi connectivity index (χ2v) is 6.02. The summed E-state index contributed by atoms with van der Waals surface area (Å²) < 4.78 is 6.47. The van der Waals surface area contributed by atoms with Crippen molar-refractivity contribution < 1.29 is 9.66 Å². The summed E-state index contributed by atoms with van der Waals surface area (Å²) >= 11 is 1.98. The van der Waals surface area contributed by atoms with Crippen molar-refractivity contribution in [2.45, 2.75) is 12.5 Å². The van der Waals surface area contributed by atoms with Crippen LogP contribution >= 0.6 is 22.6 Å². The largest absolute Gasteiger partial charge is 0.488 e. The summed E-state index contributed by atoms with van der Waals surface area (Å²) in [5.74, 6) is 0.947. The Labute approximate surface area is 135 Å². The number of nitrogens with one attached hydrogen (secondary N) is 1. The standard InChI is InChI=1S/C15H13IN2O3/c16-13-8-11(5-6-14(13)18(19)20)17-9-12-7-10-3-1-2-4-15(10)21-12/h1-6,8,12,17H,7,9H2. The zero-order valence-electron chi connectivity index (χ0n) is 11.1. The quantitative estimate of drug-likeness (QED) is 0.487. The Balaban J connectivity index is 1.62. The number of halogens is 1. The summed E-state index contributed by atoms with van der Waals surface area (Å²) in [5.41, 5.74) is 2.22. The SMILES string of the molecule is O=[N+]([O-])c1ccc(NCC2Cc3ccccc3O2)cc1I.